The molecule has 2 amide bonds. The summed E-state index contributed by atoms with van der Waals surface area (Å²) in [5.41, 5.74) is 2.43. The van der Waals surface area contributed by atoms with Gasteiger partial charge in [0.15, 0.2) is 0 Å². The minimum absolute atomic E-state index is 0.120. The van der Waals surface area contributed by atoms with Crippen LogP contribution in [0.4, 0.5) is 5.69 Å². The molecular formula is C19H20N2O2. The third kappa shape index (κ3) is 3.51. The predicted octanol–water partition coefficient (Wildman–Crippen LogP) is 2.41. The van der Waals surface area contributed by atoms with Gasteiger partial charge in [0.1, 0.15) is 0 Å². The highest BCUT2D eigenvalue weighted by Gasteiger charge is 2.23. The normalized spacial score (nSPS) is 12.7. The van der Waals surface area contributed by atoms with Crippen molar-refractivity contribution in [2.45, 2.75) is 12.8 Å². The summed E-state index contributed by atoms with van der Waals surface area (Å²) in [6.45, 7) is 8.50. The molecule has 0 radical (unpaired) electrons. The molecule has 0 aliphatic carbocycles. The van der Waals surface area contributed by atoms with Crippen LogP contribution < -0.4 is 4.90 Å². The van der Waals surface area contributed by atoms with Crippen LogP contribution >= 0.6 is 0 Å². The van der Waals surface area contributed by atoms with E-state index in [1.807, 2.05) is 12.1 Å². The third-order valence-corrected chi connectivity index (χ3v) is 3.80. The van der Waals surface area contributed by atoms with Crippen molar-refractivity contribution in [1.29, 1.82) is 0 Å². The molecule has 4 nitrogen and oxygen atoms in total. The zero-order chi connectivity index (χ0) is 16.8. The quantitative estimate of drug-likeness (QED) is 0.476. The number of fused-ring (bicyclic) bond motifs is 1. The van der Waals surface area contributed by atoms with E-state index in [-0.39, 0.29) is 18.4 Å². The lowest BCUT2D eigenvalue weighted by Crippen LogP contribution is -2.35. The molecule has 1 aromatic rings. The molecule has 1 aliphatic heterocycles. The van der Waals surface area contributed by atoms with Crippen molar-refractivity contribution in [3.63, 3.8) is 0 Å². The molecule has 1 aromatic carbocycles. The first-order valence-electron chi connectivity index (χ1n) is 7.52. The lowest BCUT2D eigenvalue weighted by molar-refractivity contribution is -0.114. The lowest BCUT2D eigenvalue weighted by atomic mass is 9.98. The highest BCUT2D eigenvalue weighted by molar-refractivity contribution is 6.02. The highest BCUT2D eigenvalue weighted by Crippen LogP contribution is 2.28. The van der Waals surface area contributed by atoms with Crippen LogP contribution in [0.5, 0.6) is 0 Å². The van der Waals surface area contributed by atoms with Crippen LogP contribution in [0.25, 0.3) is 0 Å². The molecule has 118 valence electrons. The van der Waals surface area contributed by atoms with Gasteiger partial charge in [-0.2, -0.15) is 0 Å². The number of carbonyl (C=O) groups excluding carboxylic acids is 2. The highest BCUT2D eigenvalue weighted by atomic mass is 16.2. The Hall–Kier alpha value is -2.80. The maximum absolute atomic E-state index is 12.6. The molecule has 1 heterocycles. The number of terminal acetylenes is 1. The van der Waals surface area contributed by atoms with Crippen molar-refractivity contribution in [3.8, 4) is 12.3 Å². The number of hydrogen-bond donors (Lipinski definition) is 0. The Morgan fingerprint density at radius 2 is 2.17 bits per heavy atom. The summed E-state index contributed by atoms with van der Waals surface area (Å²) in [5, 5.41) is 0. The molecule has 0 bridgehead atoms. The molecule has 0 saturated heterocycles. The van der Waals surface area contributed by atoms with Crippen molar-refractivity contribution in [3.05, 3.63) is 54.6 Å². The fourth-order valence-electron chi connectivity index (χ4n) is 2.74. The maximum Gasteiger partial charge on any atom is 0.254 e. The van der Waals surface area contributed by atoms with Gasteiger partial charge in [0.25, 0.3) is 5.91 Å². The van der Waals surface area contributed by atoms with Crippen molar-refractivity contribution in [2.24, 2.45) is 0 Å². The summed E-state index contributed by atoms with van der Waals surface area (Å²) in [6.07, 6.45) is 9.99. The van der Waals surface area contributed by atoms with Crippen LogP contribution in [0.1, 0.15) is 22.3 Å². The monoisotopic (exact) mass is 308 g/mol. The molecule has 0 aromatic heterocycles. The minimum Gasteiger partial charge on any atom is -0.324 e. The van der Waals surface area contributed by atoms with Crippen LogP contribution in [-0.2, 0) is 11.2 Å². The van der Waals surface area contributed by atoms with E-state index in [2.05, 4.69) is 19.1 Å². The van der Waals surface area contributed by atoms with Crippen molar-refractivity contribution in [2.75, 3.05) is 24.5 Å². The standard InChI is InChI=1S/C19H20N2O2/c1-4-11-20(12-5-2)19(23)16-9-10-17-15(14-16)8-7-13-21(17)18(22)6-3/h1,5-6,9-10,14H,2-3,7-8,11-13H2. The molecule has 4 heteroatoms. The number of aryl methyl sites for hydroxylation is 1. The first-order chi connectivity index (χ1) is 11.1. The first-order valence-corrected chi connectivity index (χ1v) is 7.52. The minimum atomic E-state index is -0.127. The van der Waals surface area contributed by atoms with Gasteiger partial charge in [-0.3, -0.25) is 9.59 Å². The second-order valence-corrected chi connectivity index (χ2v) is 5.32. The molecule has 0 N–H and O–H groups in total. The summed E-state index contributed by atoms with van der Waals surface area (Å²) >= 11 is 0. The summed E-state index contributed by atoms with van der Waals surface area (Å²) < 4.78 is 0. The Morgan fingerprint density at radius 3 is 2.83 bits per heavy atom. The van der Waals surface area contributed by atoms with E-state index >= 15 is 0 Å². The first kappa shape index (κ1) is 16.6. The maximum atomic E-state index is 12.6. The Kier molecular flexibility index (Phi) is 5.37. The molecule has 0 spiro atoms. The second kappa shape index (κ2) is 7.46. The van der Waals surface area contributed by atoms with Crippen LogP contribution in [-0.4, -0.2) is 36.3 Å². The van der Waals surface area contributed by atoms with Gasteiger partial charge in [-0.1, -0.05) is 18.6 Å². The van der Waals surface area contributed by atoms with E-state index < -0.39 is 0 Å². The lowest BCUT2D eigenvalue weighted by Gasteiger charge is -2.29. The van der Waals surface area contributed by atoms with Crippen molar-refractivity contribution < 1.29 is 9.59 Å². The van der Waals surface area contributed by atoms with E-state index in [9.17, 15) is 9.59 Å². The third-order valence-electron chi connectivity index (χ3n) is 3.80. The second-order valence-electron chi connectivity index (χ2n) is 5.32. The average Bonchev–Trinajstić information content (AvgIpc) is 2.59. The van der Waals surface area contributed by atoms with Gasteiger partial charge in [-0.05, 0) is 42.7 Å². The van der Waals surface area contributed by atoms with Crippen LogP contribution in [0, 0.1) is 12.3 Å². The molecule has 0 saturated carbocycles. The Bertz CT molecular complexity index is 685. The number of anilines is 1. The number of nitrogens with zero attached hydrogens (tertiary/aromatic N) is 2. The van der Waals surface area contributed by atoms with Gasteiger partial charge in [-0.15, -0.1) is 13.0 Å². The van der Waals surface area contributed by atoms with E-state index in [1.165, 1.54) is 6.08 Å². The largest absolute Gasteiger partial charge is 0.324 e. The van der Waals surface area contributed by atoms with Gasteiger partial charge < -0.3 is 9.80 Å². The SMILES string of the molecule is C#CCN(CC=C)C(=O)c1ccc2c(c1)CCCN2C(=O)C=C. The molecule has 2 rings (SSSR count). The molecule has 0 fully saturated rings. The van der Waals surface area contributed by atoms with E-state index in [0.717, 1.165) is 24.1 Å². The Labute approximate surface area is 137 Å². The van der Waals surface area contributed by atoms with E-state index in [1.54, 1.807) is 21.9 Å². The molecule has 0 unspecified atom stereocenters. The zero-order valence-electron chi connectivity index (χ0n) is 13.1. The molecule has 0 atom stereocenters. The fourth-order valence-corrected chi connectivity index (χ4v) is 2.74. The van der Waals surface area contributed by atoms with Gasteiger partial charge in [0, 0.05) is 24.3 Å². The van der Waals surface area contributed by atoms with Crippen LogP contribution in [0.2, 0.25) is 0 Å². The summed E-state index contributed by atoms with van der Waals surface area (Å²) in [5.74, 6) is 2.24. The molecule has 23 heavy (non-hydrogen) atoms. The van der Waals surface area contributed by atoms with E-state index in [4.69, 9.17) is 6.42 Å². The van der Waals surface area contributed by atoms with Gasteiger partial charge in [-0.25, -0.2) is 0 Å². The van der Waals surface area contributed by atoms with Gasteiger partial charge in [0.2, 0.25) is 5.91 Å². The van der Waals surface area contributed by atoms with Gasteiger partial charge in [0.05, 0.1) is 6.54 Å². The van der Waals surface area contributed by atoms with Crippen LogP contribution in [0.3, 0.4) is 0 Å². The van der Waals surface area contributed by atoms with Crippen molar-refractivity contribution in [1.82, 2.24) is 4.90 Å². The average molecular weight is 308 g/mol. The number of amides is 2. The van der Waals surface area contributed by atoms with Crippen molar-refractivity contribution >= 4 is 17.5 Å². The number of hydrogen-bond acceptors (Lipinski definition) is 2. The summed E-state index contributed by atoms with van der Waals surface area (Å²) in [4.78, 5) is 27.8. The van der Waals surface area contributed by atoms with Gasteiger partial charge >= 0.3 is 0 Å². The number of benzene rings is 1. The predicted molar refractivity (Wildman–Crippen MR) is 92.2 cm³/mol. The molecule has 1 aliphatic rings. The topological polar surface area (TPSA) is 40.6 Å². The van der Waals surface area contributed by atoms with Crippen LogP contribution in [0.15, 0.2) is 43.5 Å². The molecular weight excluding hydrogens is 288 g/mol. The summed E-state index contributed by atoms with van der Waals surface area (Å²) in [6, 6.07) is 5.42. The smallest absolute Gasteiger partial charge is 0.254 e. The zero-order valence-corrected chi connectivity index (χ0v) is 13.1. The Morgan fingerprint density at radius 1 is 1.39 bits per heavy atom. The Balaban J connectivity index is 2.32. The van der Waals surface area contributed by atoms with E-state index in [0.29, 0.717) is 18.7 Å². The number of carbonyl (C=O) groups is 2. The fraction of sp³-hybridized carbons (Fsp3) is 0.263. The summed E-state index contributed by atoms with van der Waals surface area (Å²) in [7, 11) is 0. The number of rotatable bonds is 5.